The molecule has 0 aliphatic carbocycles. The molecule has 1 N–H and O–H groups in total. The number of Topliss-reactive ketones (excluding diaryl/α,β-unsaturated/α-hetero) is 1. The van der Waals surface area contributed by atoms with Crippen molar-refractivity contribution in [2.24, 2.45) is 0 Å². The fourth-order valence-corrected chi connectivity index (χ4v) is 5.18. The van der Waals surface area contributed by atoms with Crippen molar-refractivity contribution in [3.63, 3.8) is 0 Å². The van der Waals surface area contributed by atoms with Gasteiger partial charge in [0.1, 0.15) is 16.5 Å². The van der Waals surface area contributed by atoms with Crippen molar-refractivity contribution in [2.45, 2.75) is 19.9 Å². The first kappa shape index (κ1) is 26.4. The zero-order valence-electron chi connectivity index (χ0n) is 20.9. The van der Waals surface area contributed by atoms with Crippen molar-refractivity contribution in [2.75, 3.05) is 26.2 Å². The summed E-state index contributed by atoms with van der Waals surface area (Å²) in [4.78, 5) is 28.5. The number of halogens is 2. The van der Waals surface area contributed by atoms with Crippen LogP contribution in [0.3, 0.4) is 0 Å². The van der Waals surface area contributed by atoms with Crippen LogP contribution >= 0.6 is 23.2 Å². The molecule has 1 aliphatic rings. The van der Waals surface area contributed by atoms with E-state index in [1.54, 1.807) is 30.3 Å². The minimum Gasteiger partial charge on any atom is -0.507 e. The normalized spacial score (nSPS) is 16.7. The summed E-state index contributed by atoms with van der Waals surface area (Å²) >= 11 is 12.8. The highest BCUT2D eigenvalue weighted by Crippen LogP contribution is 2.48. The molecule has 1 unspecified atom stereocenters. The summed E-state index contributed by atoms with van der Waals surface area (Å²) in [6.45, 7) is 3.79. The van der Waals surface area contributed by atoms with E-state index in [4.69, 9.17) is 37.4 Å². The predicted octanol–water partition coefficient (Wildman–Crippen LogP) is 6.26. The molecule has 1 amide bonds. The number of anilines is 1. The van der Waals surface area contributed by atoms with E-state index in [-0.39, 0.29) is 32.7 Å². The number of nitrogens with zero attached hydrogens (tertiary/aromatic N) is 1. The largest absolute Gasteiger partial charge is 0.507 e. The SMILES string of the molecule is COc1cccc(C2/C(=C(\O)c3cc(Cl)c(OC)c(Cl)c3OC)C(=O)C(=O)N2c2cccc(C)c2C)c1. The Balaban J connectivity index is 2.06. The number of ether oxygens (including phenoxy) is 3. The van der Waals surface area contributed by atoms with Gasteiger partial charge in [0.2, 0.25) is 0 Å². The average Bonchev–Trinajstić information content (AvgIpc) is 3.15. The summed E-state index contributed by atoms with van der Waals surface area (Å²) in [6, 6.07) is 12.9. The Bertz CT molecular complexity index is 1450. The van der Waals surface area contributed by atoms with Crippen molar-refractivity contribution in [1.82, 2.24) is 0 Å². The summed E-state index contributed by atoms with van der Waals surface area (Å²) in [5.41, 5.74) is 2.78. The number of carbonyl (C=O) groups is 2. The number of aryl methyl sites for hydroxylation is 1. The molecule has 0 aromatic heterocycles. The van der Waals surface area contributed by atoms with Crippen molar-refractivity contribution >= 4 is 46.3 Å². The lowest BCUT2D eigenvalue weighted by Gasteiger charge is -2.27. The lowest BCUT2D eigenvalue weighted by Crippen LogP contribution is -2.30. The number of aliphatic hydroxyl groups excluding tert-OH is 1. The van der Waals surface area contributed by atoms with Crippen LogP contribution in [0.2, 0.25) is 10.0 Å². The Labute approximate surface area is 224 Å². The van der Waals surface area contributed by atoms with Gasteiger partial charge in [-0.05, 0) is 54.8 Å². The van der Waals surface area contributed by atoms with E-state index in [9.17, 15) is 14.7 Å². The summed E-state index contributed by atoms with van der Waals surface area (Å²) in [5.74, 6) is -1.41. The summed E-state index contributed by atoms with van der Waals surface area (Å²) in [5, 5.41) is 11.7. The molecule has 37 heavy (non-hydrogen) atoms. The lowest BCUT2D eigenvalue weighted by molar-refractivity contribution is -0.132. The van der Waals surface area contributed by atoms with Gasteiger partial charge in [-0.3, -0.25) is 14.5 Å². The van der Waals surface area contributed by atoms with Crippen molar-refractivity contribution in [3.05, 3.63) is 86.4 Å². The van der Waals surface area contributed by atoms with Gasteiger partial charge in [0.05, 0.1) is 43.5 Å². The van der Waals surface area contributed by atoms with Gasteiger partial charge in [-0.1, -0.05) is 47.5 Å². The molecule has 0 spiro atoms. The Morgan fingerprint density at radius 1 is 0.919 bits per heavy atom. The first-order chi connectivity index (χ1) is 17.7. The number of methoxy groups -OCH3 is 3. The number of rotatable bonds is 6. The second kappa shape index (κ2) is 10.4. The standard InChI is InChI=1S/C28H25Cl2NO6/c1-14-8-6-11-20(15(14)2)31-23(16-9-7-10-17(12-16)35-3)21(25(33)28(31)34)24(32)18-13-19(29)27(37-5)22(30)26(18)36-4/h6-13,23,32H,1-5H3/b24-21+. The van der Waals surface area contributed by atoms with Crippen LogP contribution in [0.25, 0.3) is 5.76 Å². The van der Waals surface area contributed by atoms with Crippen LogP contribution in [-0.2, 0) is 9.59 Å². The fourth-order valence-electron chi connectivity index (χ4n) is 4.50. The number of hydrogen-bond donors (Lipinski definition) is 1. The molecule has 9 heteroatoms. The second-order valence-corrected chi connectivity index (χ2v) is 9.24. The minimum atomic E-state index is -0.972. The van der Waals surface area contributed by atoms with E-state index in [0.29, 0.717) is 17.0 Å². The Morgan fingerprint density at radius 2 is 1.59 bits per heavy atom. The van der Waals surface area contributed by atoms with Gasteiger partial charge in [0.25, 0.3) is 11.7 Å². The molecular weight excluding hydrogens is 517 g/mol. The first-order valence-electron chi connectivity index (χ1n) is 11.3. The molecule has 1 aliphatic heterocycles. The number of aliphatic hydroxyl groups is 1. The molecule has 0 saturated carbocycles. The summed E-state index contributed by atoms with van der Waals surface area (Å²) in [6.07, 6.45) is 0. The molecule has 1 atom stereocenters. The topological polar surface area (TPSA) is 85.3 Å². The molecule has 1 saturated heterocycles. The van der Waals surface area contributed by atoms with Crippen LogP contribution in [-0.4, -0.2) is 38.1 Å². The molecule has 0 bridgehead atoms. The fraction of sp³-hybridized carbons (Fsp3) is 0.214. The van der Waals surface area contributed by atoms with Crippen molar-refractivity contribution < 1.29 is 28.9 Å². The first-order valence-corrected chi connectivity index (χ1v) is 12.0. The van der Waals surface area contributed by atoms with E-state index in [2.05, 4.69) is 0 Å². The Morgan fingerprint density at radius 3 is 2.24 bits per heavy atom. The van der Waals surface area contributed by atoms with Crippen LogP contribution in [0.4, 0.5) is 5.69 Å². The van der Waals surface area contributed by atoms with Crippen LogP contribution in [0.1, 0.15) is 28.3 Å². The molecule has 0 radical (unpaired) electrons. The zero-order chi connectivity index (χ0) is 27.0. The zero-order valence-corrected chi connectivity index (χ0v) is 22.4. The van der Waals surface area contributed by atoms with Gasteiger partial charge < -0.3 is 19.3 Å². The second-order valence-electron chi connectivity index (χ2n) is 8.45. The van der Waals surface area contributed by atoms with E-state index in [1.165, 1.54) is 32.3 Å². The highest BCUT2D eigenvalue weighted by Gasteiger charge is 2.48. The number of carbonyl (C=O) groups excluding carboxylic acids is 2. The van der Waals surface area contributed by atoms with Crippen LogP contribution in [0.5, 0.6) is 17.2 Å². The quantitative estimate of drug-likeness (QED) is 0.225. The summed E-state index contributed by atoms with van der Waals surface area (Å²) in [7, 11) is 4.27. The van der Waals surface area contributed by atoms with Crippen molar-refractivity contribution in [1.29, 1.82) is 0 Å². The molecule has 192 valence electrons. The van der Waals surface area contributed by atoms with Gasteiger partial charge >= 0.3 is 0 Å². The maximum Gasteiger partial charge on any atom is 0.300 e. The lowest BCUT2D eigenvalue weighted by atomic mass is 9.94. The minimum absolute atomic E-state index is 0.0146. The number of amides is 1. The molecule has 1 heterocycles. The van der Waals surface area contributed by atoms with E-state index in [1.807, 2.05) is 26.0 Å². The van der Waals surface area contributed by atoms with Gasteiger partial charge in [-0.25, -0.2) is 0 Å². The van der Waals surface area contributed by atoms with Gasteiger partial charge in [0, 0.05) is 5.69 Å². The molecule has 4 rings (SSSR count). The third-order valence-corrected chi connectivity index (χ3v) is 7.11. The average molecular weight is 542 g/mol. The Kier molecular flexibility index (Phi) is 7.39. The molecule has 1 fully saturated rings. The monoisotopic (exact) mass is 541 g/mol. The molecule has 7 nitrogen and oxygen atoms in total. The van der Waals surface area contributed by atoms with Gasteiger partial charge in [-0.15, -0.1) is 0 Å². The molecular formula is C28H25Cl2NO6. The summed E-state index contributed by atoms with van der Waals surface area (Å²) < 4.78 is 16.1. The molecule has 3 aromatic carbocycles. The maximum absolute atomic E-state index is 13.6. The third kappa shape index (κ3) is 4.38. The predicted molar refractivity (Wildman–Crippen MR) is 143 cm³/mol. The number of ketones is 1. The van der Waals surface area contributed by atoms with E-state index in [0.717, 1.165) is 11.1 Å². The Hall–Kier alpha value is -3.68. The van der Waals surface area contributed by atoms with E-state index >= 15 is 0 Å². The van der Waals surface area contributed by atoms with Crippen molar-refractivity contribution in [3.8, 4) is 17.2 Å². The van der Waals surface area contributed by atoms with Crippen LogP contribution in [0.15, 0.2) is 54.1 Å². The van der Waals surface area contributed by atoms with Gasteiger partial charge in [-0.2, -0.15) is 0 Å². The van der Waals surface area contributed by atoms with E-state index < -0.39 is 23.5 Å². The number of benzene rings is 3. The van der Waals surface area contributed by atoms with Crippen LogP contribution < -0.4 is 19.1 Å². The maximum atomic E-state index is 13.6. The highest BCUT2D eigenvalue weighted by molar-refractivity contribution is 6.52. The third-order valence-electron chi connectivity index (χ3n) is 6.48. The smallest absolute Gasteiger partial charge is 0.300 e. The number of hydrogen-bond acceptors (Lipinski definition) is 6. The molecule has 3 aromatic rings. The van der Waals surface area contributed by atoms with Crippen LogP contribution in [0, 0.1) is 13.8 Å². The van der Waals surface area contributed by atoms with Gasteiger partial charge in [0.15, 0.2) is 11.5 Å². The highest BCUT2D eigenvalue weighted by atomic mass is 35.5.